The van der Waals surface area contributed by atoms with E-state index in [9.17, 15) is 4.21 Å². The molecule has 0 N–H and O–H groups in total. The molecular formula is C17H23NO2S. The maximum Gasteiger partial charge on any atom is 0.138 e. The van der Waals surface area contributed by atoms with Gasteiger partial charge < -0.3 is 4.84 Å². The van der Waals surface area contributed by atoms with Gasteiger partial charge in [-0.15, -0.1) is 5.06 Å². The second-order valence-electron chi connectivity index (χ2n) is 5.86. The Hall–Kier alpha value is -1.13. The first-order chi connectivity index (χ1) is 10.2. The van der Waals surface area contributed by atoms with E-state index >= 15 is 0 Å². The van der Waals surface area contributed by atoms with Crippen molar-refractivity contribution in [1.29, 1.82) is 0 Å². The lowest BCUT2D eigenvalue weighted by molar-refractivity contribution is -0.132. The van der Waals surface area contributed by atoms with E-state index in [-0.39, 0.29) is 6.04 Å². The highest BCUT2D eigenvalue weighted by molar-refractivity contribution is 7.89. The van der Waals surface area contributed by atoms with E-state index in [4.69, 9.17) is 4.84 Å². The smallest absolute Gasteiger partial charge is 0.138 e. The highest BCUT2D eigenvalue weighted by atomic mass is 32.2. The van der Waals surface area contributed by atoms with Crippen LogP contribution in [0.5, 0.6) is 0 Å². The number of aryl methyl sites for hydroxylation is 1. The Morgan fingerprint density at radius 1 is 1.29 bits per heavy atom. The number of hydroxylamine groups is 2. The minimum absolute atomic E-state index is 0.211. The fourth-order valence-electron chi connectivity index (χ4n) is 3.06. The molecule has 4 heteroatoms. The molecule has 3 nitrogen and oxygen atoms in total. The molecule has 0 aliphatic carbocycles. The number of piperidine rings is 1. The van der Waals surface area contributed by atoms with Gasteiger partial charge in [0.2, 0.25) is 0 Å². The fraction of sp³-hybridized carbons (Fsp3) is 0.529. The Bertz CT molecular complexity index is 565. The van der Waals surface area contributed by atoms with E-state index in [1.807, 2.05) is 24.3 Å². The second kappa shape index (κ2) is 6.32. The predicted molar refractivity (Wildman–Crippen MR) is 85.0 cm³/mol. The first-order valence-corrected chi connectivity index (χ1v) is 9.01. The summed E-state index contributed by atoms with van der Waals surface area (Å²) in [5, 5.41) is 2.05. The first-order valence-electron chi connectivity index (χ1n) is 7.86. The Morgan fingerprint density at radius 2 is 2.05 bits per heavy atom. The molecule has 2 atom stereocenters. The summed E-state index contributed by atoms with van der Waals surface area (Å²) in [6, 6.07) is 8.23. The molecule has 0 unspecified atom stereocenters. The molecule has 2 heterocycles. The maximum atomic E-state index is 13.0. The lowest BCUT2D eigenvalue weighted by Gasteiger charge is -2.28. The lowest BCUT2D eigenvalue weighted by atomic mass is 10.0. The standard InChI is InChI=1S/C17H23NO2S/c1-3-6-16-17(15-7-4-5-12-18(15)20-16)21(19)14-10-8-13(2)9-11-14/h8-11,15H,3-7,12H2,1-2H3/t15-,21-/m0/s1. The summed E-state index contributed by atoms with van der Waals surface area (Å²) in [4.78, 5) is 7.91. The van der Waals surface area contributed by atoms with Crippen LogP contribution in [0.4, 0.5) is 0 Å². The van der Waals surface area contributed by atoms with Crippen molar-refractivity contribution in [2.45, 2.75) is 56.9 Å². The molecule has 0 spiro atoms. The average Bonchev–Trinajstić information content (AvgIpc) is 2.85. The third-order valence-electron chi connectivity index (χ3n) is 4.17. The number of hydrogen-bond donors (Lipinski definition) is 0. The lowest BCUT2D eigenvalue weighted by Crippen LogP contribution is -2.36. The predicted octanol–water partition coefficient (Wildman–Crippen LogP) is 3.91. The summed E-state index contributed by atoms with van der Waals surface area (Å²) in [5.41, 5.74) is 1.19. The number of hydrogen-bond acceptors (Lipinski definition) is 3. The Kier molecular flexibility index (Phi) is 4.45. The van der Waals surface area contributed by atoms with Gasteiger partial charge in [-0.1, -0.05) is 24.6 Å². The number of benzene rings is 1. The zero-order valence-electron chi connectivity index (χ0n) is 12.8. The van der Waals surface area contributed by atoms with E-state index in [0.29, 0.717) is 0 Å². The van der Waals surface area contributed by atoms with Gasteiger partial charge >= 0.3 is 0 Å². The van der Waals surface area contributed by atoms with Crippen molar-refractivity contribution in [2.24, 2.45) is 0 Å². The summed E-state index contributed by atoms with van der Waals surface area (Å²) in [7, 11) is -1.10. The monoisotopic (exact) mass is 305 g/mol. The van der Waals surface area contributed by atoms with Crippen molar-refractivity contribution >= 4 is 10.8 Å². The van der Waals surface area contributed by atoms with Gasteiger partial charge in [0.25, 0.3) is 0 Å². The van der Waals surface area contributed by atoms with Crippen LogP contribution in [-0.2, 0) is 15.6 Å². The van der Waals surface area contributed by atoms with Gasteiger partial charge in [-0.25, -0.2) is 4.21 Å². The minimum atomic E-state index is -1.10. The molecule has 21 heavy (non-hydrogen) atoms. The molecule has 1 aromatic rings. The van der Waals surface area contributed by atoms with Crippen LogP contribution in [0.25, 0.3) is 0 Å². The molecule has 0 bridgehead atoms. The minimum Gasteiger partial charge on any atom is -0.409 e. The van der Waals surface area contributed by atoms with Crippen molar-refractivity contribution in [1.82, 2.24) is 5.06 Å². The maximum absolute atomic E-state index is 13.0. The summed E-state index contributed by atoms with van der Waals surface area (Å²) < 4.78 is 13.0. The van der Waals surface area contributed by atoms with Crippen LogP contribution in [-0.4, -0.2) is 21.9 Å². The molecular weight excluding hydrogens is 282 g/mol. The molecule has 1 saturated heterocycles. The molecule has 0 saturated carbocycles. The van der Waals surface area contributed by atoms with Gasteiger partial charge in [-0.3, -0.25) is 0 Å². The molecule has 2 aliphatic rings. The van der Waals surface area contributed by atoms with Gasteiger partial charge in [0.1, 0.15) is 5.76 Å². The Balaban J connectivity index is 1.93. The molecule has 0 aromatic heterocycles. The molecule has 1 fully saturated rings. The summed E-state index contributed by atoms with van der Waals surface area (Å²) in [5.74, 6) is 0.948. The Morgan fingerprint density at radius 3 is 2.76 bits per heavy atom. The quantitative estimate of drug-likeness (QED) is 0.844. The summed E-state index contributed by atoms with van der Waals surface area (Å²) >= 11 is 0. The third kappa shape index (κ3) is 2.92. The van der Waals surface area contributed by atoms with Crippen LogP contribution in [0, 0.1) is 6.92 Å². The molecule has 1 aromatic carbocycles. The largest absolute Gasteiger partial charge is 0.409 e. The van der Waals surface area contributed by atoms with E-state index < -0.39 is 10.8 Å². The molecule has 114 valence electrons. The molecule has 0 radical (unpaired) electrons. The summed E-state index contributed by atoms with van der Waals surface area (Å²) in [6.45, 7) is 5.14. The number of allylic oxidation sites excluding steroid dienone is 1. The van der Waals surface area contributed by atoms with Crippen molar-refractivity contribution in [3.05, 3.63) is 40.5 Å². The van der Waals surface area contributed by atoms with Gasteiger partial charge in [-0.2, -0.15) is 0 Å². The normalized spacial score (nSPS) is 23.8. The first kappa shape index (κ1) is 14.8. The highest BCUT2D eigenvalue weighted by Crippen LogP contribution is 2.38. The van der Waals surface area contributed by atoms with Gasteiger partial charge in [0, 0.05) is 17.9 Å². The van der Waals surface area contributed by atoms with Crippen molar-refractivity contribution in [2.75, 3.05) is 6.54 Å². The summed E-state index contributed by atoms with van der Waals surface area (Å²) in [6.07, 6.45) is 5.31. The number of nitrogens with zero attached hydrogens (tertiary/aromatic N) is 1. The molecule has 2 aliphatic heterocycles. The van der Waals surface area contributed by atoms with E-state index in [1.165, 1.54) is 18.4 Å². The van der Waals surface area contributed by atoms with Gasteiger partial charge in [-0.05, 0) is 44.7 Å². The van der Waals surface area contributed by atoms with Gasteiger partial charge in [0.15, 0.2) is 0 Å². The average molecular weight is 305 g/mol. The zero-order chi connectivity index (χ0) is 14.8. The van der Waals surface area contributed by atoms with Crippen molar-refractivity contribution in [3.8, 4) is 0 Å². The number of rotatable bonds is 4. The highest BCUT2D eigenvalue weighted by Gasteiger charge is 2.39. The van der Waals surface area contributed by atoms with E-state index in [0.717, 1.165) is 41.4 Å². The number of fused-ring (bicyclic) bond motifs is 1. The molecule has 0 amide bonds. The topological polar surface area (TPSA) is 29.5 Å². The van der Waals surface area contributed by atoms with Crippen LogP contribution in [0.1, 0.15) is 44.6 Å². The SMILES string of the molecule is CCCC1=C([S@@](=O)c2ccc(C)cc2)[C@@H]2CCCCN2O1. The van der Waals surface area contributed by atoms with Gasteiger partial charge in [0.05, 0.1) is 21.7 Å². The van der Waals surface area contributed by atoms with E-state index in [2.05, 4.69) is 18.9 Å². The zero-order valence-corrected chi connectivity index (χ0v) is 13.6. The fourth-order valence-corrected chi connectivity index (χ4v) is 4.53. The van der Waals surface area contributed by atoms with Crippen LogP contribution >= 0.6 is 0 Å². The molecule has 3 rings (SSSR count). The van der Waals surface area contributed by atoms with Crippen LogP contribution in [0.3, 0.4) is 0 Å². The second-order valence-corrected chi connectivity index (χ2v) is 7.31. The van der Waals surface area contributed by atoms with Crippen LogP contribution < -0.4 is 0 Å². The van der Waals surface area contributed by atoms with Crippen LogP contribution in [0.2, 0.25) is 0 Å². The van der Waals surface area contributed by atoms with E-state index in [1.54, 1.807) is 0 Å². The third-order valence-corrected chi connectivity index (χ3v) is 5.77. The van der Waals surface area contributed by atoms with Crippen molar-refractivity contribution < 1.29 is 9.05 Å². The Labute approximate surface area is 129 Å². The van der Waals surface area contributed by atoms with Crippen molar-refractivity contribution in [3.63, 3.8) is 0 Å². The van der Waals surface area contributed by atoms with Crippen LogP contribution in [0.15, 0.2) is 39.8 Å².